The highest BCUT2D eigenvalue weighted by Crippen LogP contribution is 2.27. The van der Waals surface area contributed by atoms with E-state index in [9.17, 15) is 0 Å². The van der Waals surface area contributed by atoms with Gasteiger partial charge in [0.25, 0.3) is 0 Å². The average Bonchev–Trinajstić information content (AvgIpc) is 2.50. The number of rotatable bonds is 7. The first-order valence-corrected chi connectivity index (χ1v) is 7.63. The first-order chi connectivity index (χ1) is 10.3. The molecular weight excluding hydrogens is 262 g/mol. The highest BCUT2D eigenvalue weighted by molar-refractivity contribution is 5.49. The van der Waals surface area contributed by atoms with Crippen molar-refractivity contribution in [2.45, 2.75) is 40.0 Å². The molecule has 0 aliphatic rings. The fourth-order valence-corrected chi connectivity index (χ4v) is 2.25. The van der Waals surface area contributed by atoms with Gasteiger partial charge in [-0.15, -0.1) is 0 Å². The minimum Gasteiger partial charge on any atom is -0.439 e. The molecule has 2 rings (SSSR count). The number of hydrogen-bond donors (Lipinski definition) is 1. The number of nitrogens with one attached hydrogen (secondary N) is 1. The maximum Gasteiger partial charge on any atom is 0.227 e. The predicted octanol–water partition coefficient (Wildman–Crippen LogP) is 4.22. The molecule has 0 aliphatic carbocycles. The molecule has 2 aromatic rings. The molecule has 21 heavy (non-hydrogen) atoms. The number of benzene rings is 1. The van der Waals surface area contributed by atoms with E-state index in [0.29, 0.717) is 5.88 Å². The van der Waals surface area contributed by atoms with E-state index in [1.807, 2.05) is 12.1 Å². The van der Waals surface area contributed by atoms with E-state index in [1.165, 1.54) is 11.9 Å². The van der Waals surface area contributed by atoms with Gasteiger partial charge in [0.2, 0.25) is 5.88 Å². The van der Waals surface area contributed by atoms with E-state index in [2.05, 4.69) is 48.2 Å². The third-order valence-corrected chi connectivity index (χ3v) is 3.28. The molecule has 0 spiro atoms. The zero-order valence-electron chi connectivity index (χ0n) is 13.0. The lowest BCUT2D eigenvalue weighted by atomic mass is 10.1. The van der Waals surface area contributed by atoms with Crippen molar-refractivity contribution >= 4 is 5.82 Å². The molecule has 0 unspecified atom stereocenters. The molecule has 0 saturated carbocycles. The van der Waals surface area contributed by atoms with Gasteiger partial charge in [-0.3, -0.25) is 0 Å². The van der Waals surface area contributed by atoms with E-state index in [1.54, 1.807) is 0 Å². The molecule has 0 fully saturated rings. The van der Waals surface area contributed by atoms with E-state index < -0.39 is 0 Å². The lowest BCUT2D eigenvalue weighted by molar-refractivity contribution is 0.455. The number of hydrogen-bond acceptors (Lipinski definition) is 4. The van der Waals surface area contributed by atoms with E-state index >= 15 is 0 Å². The summed E-state index contributed by atoms with van der Waals surface area (Å²) in [5, 5.41) is 3.25. The molecule has 112 valence electrons. The minimum absolute atomic E-state index is 0.631. The summed E-state index contributed by atoms with van der Waals surface area (Å²) in [5.74, 6) is 2.30. The summed E-state index contributed by atoms with van der Waals surface area (Å²) in [6.07, 6.45) is 4.61. The third kappa shape index (κ3) is 3.94. The van der Waals surface area contributed by atoms with Crippen LogP contribution in [0.3, 0.4) is 0 Å². The molecule has 4 nitrogen and oxygen atoms in total. The van der Waals surface area contributed by atoms with Crippen LogP contribution in [0.4, 0.5) is 5.82 Å². The maximum absolute atomic E-state index is 5.93. The van der Waals surface area contributed by atoms with Gasteiger partial charge >= 0.3 is 0 Å². The Morgan fingerprint density at radius 2 is 1.81 bits per heavy atom. The molecular formula is C17H23N3O. The van der Waals surface area contributed by atoms with Crippen LogP contribution >= 0.6 is 0 Å². The second kappa shape index (κ2) is 7.62. The smallest absolute Gasteiger partial charge is 0.227 e. The second-order valence-electron chi connectivity index (χ2n) is 4.89. The molecule has 0 saturated heterocycles. The van der Waals surface area contributed by atoms with Crippen molar-refractivity contribution in [1.29, 1.82) is 0 Å². The van der Waals surface area contributed by atoms with Crippen LogP contribution in [-0.2, 0) is 12.8 Å². The summed E-state index contributed by atoms with van der Waals surface area (Å²) < 4.78 is 5.93. The molecule has 0 amide bonds. The Balaban J connectivity index is 2.20. The lowest BCUT2D eigenvalue weighted by Gasteiger charge is -2.13. The predicted molar refractivity (Wildman–Crippen MR) is 86.1 cm³/mol. The number of aryl methyl sites for hydroxylation is 1. The average molecular weight is 285 g/mol. The Hall–Kier alpha value is -2.10. The summed E-state index contributed by atoms with van der Waals surface area (Å²) in [4.78, 5) is 8.55. The van der Waals surface area contributed by atoms with Crippen molar-refractivity contribution in [3.63, 3.8) is 0 Å². The Morgan fingerprint density at radius 3 is 2.43 bits per heavy atom. The van der Waals surface area contributed by atoms with Crippen molar-refractivity contribution < 1.29 is 4.74 Å². The van der Waals surface area contributed by atoms with Crippen molar-refractivity contribution in [2.75, 3.05) is 11.9 Å². The van der Waals surface area contributed by atoms with Crippen LogP contribution in [0.25, 0.3) is 0 Å². The molecule has 0 atom stereocenters. The van der Waals surface area contributed by atoms with Crippen LogP contribution in [0.1, 0.15) is 38.3 Å². The van der Waals surface area contributed by atoms with Crippen LogP contribution in [0, 0.1) is 0 Å². The second-order valence-corrected chi connectivity index (χ2v) is 4.89. The zero-order valence-corrected chi connectivity index (χ0v) is 13.0. The normalized spacial score (nSPS) is 10.4. The van der Waals surface area contributed by atoms with Crippen molar-refractivity contribution in [1.82, 2.24) is 9.97 Å². The minimum atomic E-state index is 0.631. The van der Waals surface area contributed by atoms with Crippen LogP contribution in [0.2, 0.25) is 0 Å². The first-order valence-electron chi connectivity index (χ1n) is 7.63. The van der Waals surface area contributed by atoms with Crippen LogP contribution in [0.15, 0.2) is 30.6 Å². The number of nitrogens with zero attached hydrogens (tertiary/aromatic N) is 2. The van der Waals surface area contributed by atoms with Gasteiger partial charge in [0.15, 0.2) is 0 Å². The van der Waals surface area contributed by atoms with Crippen LogP contribution in [0.5, 0.6) is 11.6 Å². The largest absolute Gasteiger partial charge is 0.439 e. The van der Waals surface area contributed by atoms with Gasteiger partial charge in [0, 0.05) is 6.54 Å². The molecule has 1 heterocycles. The van der Waals surface area contributed by atoms with Gasteiger partial charge in [0.05, 0.1) is 5.56 Å². The molecule has 1 N–H and O–H groups in total. The van der Waals surface area contributed by atoms with Gasteiger partial charge in [-0.1, -0.05) is 32.4 Å². The van der Waals surface area contributed by atoms with Gasteiger partial charge in [-0.05, 0) is 37.5 Å². The standard InChI is InChI=1S/C17H23N3O/c1-4-7-13-8-10-14(11-9-13)21-17-15(5-2)16(18-6-3)19-12-20-17/h8-12H,4-7H2,1-3H3,(H,18,19,20). The van der Waals surface area contributed by atoms with E-state index in [-0.39, 0.29) is 0 Å². The van der Waals surface area contributed by atoms with Crippen molar-refractivity contribution in [2.24, 2.45) is 0 Å². The van der Waals surface area contributed by atoms with Crippen molar-refractivity contribution in [3.8, 4) is 11.6 Å². The van der Waals surface area contributed by atoms with Gasteiger partial charge in [-0.2, -0.15) is 0 Å². The van der Waals surface area contributed by atoms with Crippen LogP contribution < -0.4 is 10.1 Å². The Kier molecular flexibility index (Phi) is 5.55. The maximum atomic E-state index is 5.93. The highest BCUT2D eigenvalue weighted by atomic mass is 16.5. The molecule has 1 aromatic heterocycles. The summed E-state index contributed by atoms with van der Waals surface area (Å²) in [7, 11) is 0. The van der Waals surface area contributed by atoms with Gasteiger partial charge in [-0.25, -0.2) is 9.97 Å². The monoisotopic (exact) mass is 285 g/mol. The molecule has 4 heteroatoms. The fraction of sp³-hybridized carbons (Fsp3) is 0.412. The molecule has 0 radical (unpaired) electrons. The Labute approximate surface area is 126 Å². The zero-order chi connectivity index (χ0) is 15.1. The Morgan fingerprint density at radius 1 is 1.05 bits per heavy atom. The number of aromatic nitrogens is 2. The Bertz CT molecular complexity index is 567. The fourth-order valence-electron chi connectivity index (χ4n) is 2.25. The van der Waals surface area contributed by atoms with Gasteiger partial charge in [0.1, 0.15) is 17.9 Å². The van der Waals surface area contributed by atoms with Gasteiger partial charge < -0.3 is 10.1 Å². The SMILES string of the molecule is CCCc1ccc(Oc2ncnc(NCC)c2CC)cc1. The van der Waals surface area contributed by atoms with E-state index in [0.717, 1.165) is 42.9 Å². The summed E-state index contributed by atoms with van der Waals surface area (Å²) >= 11 is 0. The molecule has 0 aliphatic heterocycles. The highest BCUT2D eigenvalue weighted by Gasteiger charge is 2.11. The summed E-state index contributed by atoms with van der Waals surface area (Å²) in [6.45, 7) is 7.14. The first kappa shape index (κ1) is 15.3. The van der Waals surface area contributed by atoms with Crippen molar-refractivity contribution in [3.05, 3.63) is 41.7 Å². The van der Waals surface area contributed by atoms with E-state index in [4.69, 9.17) is 4.74 Å². The number of anilines is 1. The molecule has 0 bridgehead atoms. The quantitative estimate of drug-likeness (QED) is 0.827. The summed E-state index contributed by atoms with van der Waals surface area (Å²) in [6, 6.07) is 8.21. The topological polar surface area (TPSA) is 47.0 Å². The van der Waals surface area contributed by atoms with Crippen LogP contribution in [-0.4, -0.2) is 16.5 Å². The lowest BCUT2D eigenvalue weighted by Crippen LogP contribution is -2.05. The molecule has 1 aromatic carbocycles. The summed E-state index contributed by atoms with van der Waals surface area (Å²) in [5.41, 5.74) is 2.34. The third-order valence-electron chi connectivity index (χ3n) is 3.28. The number of ether oxygens (including phenoxy) is 1.